The second-order valence-electron chi connectivity index (χ2n) is 6.17. The minimum Gasteiger partial charge on any atom is -0.352 e. The monoisotopic (exact) mass is 305 g/mol. The summed E-state index contributed by atoms with van der Waals surface area (Å²) in [6.45, 7) is 8.28. The predicted molar refractivity (Wildman–Crippen MR) is 72.4 cm³/mol. The Morgan fingerprint density at radius 1 is 1.24 bits per heavy atom. The number of rotatable bonds is 3. The van der Waals surface area contributed by atoms with E-state index in [4.69, 9.17) is 0 Å². The van der Waals surface area contributed by atoms with Gasteiger partial charge in [-0.2, -0.15) is 13.2 Å². The Kier molecular flexibility index (Phi) is 5.02. The van der Waals surface area contributed by atoms with Crippen molar-refractivity contribution < 1.29 is 22.4 Å². The van der Waals surface area contributed by atoms with Crippen LogP contribution < -0.4 is 5.32 Å². The lowest BCUT2D eigenvalue weighted by Gasteiger charge is -2.27. The van der Waals surface area contributed by atoms with Crippen LogP contribution in [0.3, 0.4) is 0 Å². The second kappa shape index (κ2) is 6.03. The van der Waals surface area contributed by atoms with E-state index in [1.807, 2.05) is 27.7 Å². The average molecular weight is 305 g/mol. The van der Waals surface area contributed by atoms with Crippen molar-refractivity contribution in [2.24, 2.45) is 11.3 Å². The summed E-state index contributed by atoms with van der Waals surface area (Å²) in [7, 11) is 0. The van der Waals surface area contributed by atoms with E-state index in [1.165, 1.54) is 0 Å². The summed E-state index contributed by atoms with van der Waals surface area (Å²) >= 11 is 0. The molecule has 0 saturated heterocycles. The van der Waals surface area contributed by atoms with Gasteiger partial charge in [-0.05, 0) is 29.5 Å². The molecule has 0 aromatic heterocycles. The molecule has 0 bridgehead atoms. The fraction of sp³-hybridized carbons (Fsp3) is 0.533. The highest BCUT2D eigenvalue weighted by molar-refractivity contribution is 5.94. The van der Waals surface area contributed by atoms with Crippen molar-refractivity contribution in [3.63, 3.8) is 0 Å². The molecule has 21 heavy (non-hydrogen) atoms. The number of hydrogen-bond donors (Lipinski definition) is 1. The van der Waals surface area contributed by atoms with Crippen LogP contribution in [0.4, 0.5) is 17.6 Å². The molecular formula is C15H19F4NO. The standard InChI is InChI=1S/C15H19F4NO/c1-9(14(2,3)4)8-20-13(21)10-5-6-12(16)11(7-10)15(17,18)19/h5-7,9H,8H2,1-4H3,(H,20,21). The Morgan fingerprint density at radius 2 is 1.81 bits per heavy atom. The highest BCUT2D eigenvalue weighted by Gasteiger charge is 2.34. The van der Waals surface area contributed by atoms with Gasteiger partial charge in [0.15, 0.2) is 0 Å². The highest BCUT2D eigenvalue weighted by atomic mass is 19.4. The maximum atomic E-state index is 13.1. The molecule has 118 valence electrons. The van der Waals surface area contributed by atoms with Gasteiger partial charge in [-0.25, -0.2) is 4.39 Å². The summed E-state index contributed by atoms with van der Waals surface area (Å²) in [5.41, 5.74) is -1.67. The Balaban J connectivity index is 2.85. The minimum atomic E-state index is -4.82. The van der Waals surface area contributed by atoms with E-state index in [0.29, 0.717) is 18.7 Å². The maximum absolute atomic E-state index is 13.1. The van der Waals surface area contributed by atoms with E-state index in [9.17, 15) is 22.4 Å². The van der Waals surface area contributed by atoms with Crippen molar-refractivity contribution in [2.75, 3.05) is 6.54 Å². The van der Waals surface area contributed by atoms with Gasteiger partial charge < -0.3 is 5.32 Å². The van der Waals surface area contributed by atoms with Crippen LogP contribution >= 0.6 is 0 Å². The number of carbonyl (C=O) groups is 1. The molecule has 6 heteroatoms. The molecule has 1 aromatic rings. The molecule has 1 amide bonds. The summed E-state index contributed by atoms with van der Waals surface area (Å²) in [5.74, 6) is -1.89. The Hall–Kier alpha value is -1.59. The highest BCUT2D eigenvalue weighted by Crippen LogP contribution is 2.32. The summed E-state index contributed by atoms with van der Waals surface area (Å²) in [5, 5.41) is 2.57. The lowest BCUT2D eigenvalue weighted by Crippen LogP contribution is -2.33. The number of carbonyl (C=O) groups excluding carboxylic acids is 1. The van der Waals surface area contributed by atoms with E-state index in [-0.39, 0.29) is 16.9 Å². The average Bonchev–Trinajstić information content (AvgIpc) is 2.33. The van der Waals surface area contributed by atoms with Gasteiger partial charge in [0.25, 0.3) is 5.91 Å². The zero-order valence-electron chi connectivity index (χ0n) is 12.4. The first-order chi connectivity index (χ1) is 9.43. The van der Waals surface area contributed by atoms with Gasteiger partial charge in [0.2, 0.25) is 0 Å². The van der Waals surface area contributed by atoms with Crippen LogP contribution in [-0.4, -0.2) is 12.5 Å². The zero-order chi connectivity index (χ0) is 16.4. The summed E-state index contributed by atoms with van der Waals surface area (Å²) in [6, 6.07) is 2.24. The van der Waals surface area contributed by atoms with Gasteiger partial charge >= 0.3 is 6.18 Å². The quantitative estimate of drug-likeness (QED) is 0.831. The molecule has 0 aliphatic rings. The summed E-state index contributed by atoms with van der Waals surface area (Å²) < 4.78 is 50.9. The van der Waals surface area contributed by atoms with Crippen LogP contribution in [0, 0.1) is 17.2 Å². The normalized spacial score (nSPS) is 13.9. The lowest BCUT2D eigenvalue weighted by atomic mass is 9.82. The zero-order valence-corrected chi connectivity index (χ0v) is 12.4. The Labute approximate surface area is 121 Å². The maximum Gasteiger partial charge on any atom is 0.419 e. The summed E-state index contributed by atoms with van der Waals surface area (Å²) in [4.78, 5) is 11.9. The predicted octanol–water partition coefficient (Wildman–Crippen LogP) is 4.26. The molecule has 0 aliphatic heterocycles. The molecule has 2 nitrogen and oxygen atoms in total. The number of benzene rings is 1. The molecule has 1 aromatic carbocycles. The van der Waals surface area contributed by atoms with E-state index < -0.39 is 23.5 Å². The van der Waals surface area contributed by atoms with Gasteiger partial charge in [-0.3, -0.25) is 4.79 Å². The second-order valence-corrected chi connectivity index (χ2v) is 6.17. The molecule has 1 N–H and O–H groups in total. The molecule has 0 radical (unpaired) electrons. The third kappa shape index (κ3) is 4.72. The number of hydrogen-bond acceptors (Lipinski definition) is 1. The first-order valence-electron chi connectivity index (χ1n) is 6.58. The number of halogens is 4. The van der Waals surface area contributed by atoms with E-state index in [1.54, 1.807) is 0 Å². The molecule has 0 saturated carbocycles. The van der Waals surface area contributed by atoms with E-state index in [0.717, 1.165) is 6.07 Å². The van der Waals surface area contributed by atoms with Crippen molar-refractivity contribution in [3.8, 4) is 0 Å². The van der Waals surface area contributed by atoms with Crippen LogP contribution in [-0.2, 0) is 6.18 Å². The van der Waals surface area contributed by atoms with E-state index in [2.05, 4.69) is 5.32 Å². The topological polar surface area (TPSA) is 29.1 Å². The SMILES string of the molecule is CC(CNC(=O)c1ccc(F)c(C(F)(F)F)c1)C(C)(C)C. The van der Waals surface area contributed by atoms with Crippen molar-refractivity contribution in [1.29, 1.82) is 0 Å². The van der Waals surface area contributed by atoms with Crippen molar-refractivity contribution >= 4 is 5.91 Å². The third-order valence-electron chi connectivity index (χ3n) is 3.58. The fourth-order valence-corrected chi connectivity index (χ4v) is 1.54. The molecule has 1 atom stereocenters. The molecule has 0 fully saturated rings. The van der Waals surface area contributed by atoms with Gasteiger partial charge in [0.1, 0.15) is 5.82 Å². The Morgan fingerprint density at radius 3 is 2.29 bits per heavy atom. The van der Waals surface area contributed by atoms with Crippen LogP contribution in [0.25, 0.3) is 0 Å². The van der Waals surface area contributed by atoms with Crippen molar-refractivity contribution in [3.05, 3.63) is 35.1 Å². The van der Waals surface area contributed by atoms with Crippen molar-refractivity contribution in [2.45, 2.75) is 33.9 Å². The van der Waals surface area contributed by atoms with Crippen LogP contribution in [0.5, 0.6) is 0 Å². The van der Waals surface area contributed by atoms with Crippen LogP contribution in [0.15, 0.2) is 18.2 Å². The van der Waals surface area contributed by atoms with E-state index >= 15 is 0 Å². The van der Waals surface area contributed by atoms with Gasteiger partial charge in [-0.15, -0.1) is 0 Å². The first-order valence-corrected chi connectivity index (χ1v) is 6.58. The lowest BCUT2D eigenvalue weighted by molar-refractivity contribution is -0.140. The van der Waals surface area contributed by atoms with Gasteiger partial charge in [0, 0.05) is 12.1 Å². The number of alkyl halides is 3. The molecule has 1 unspecified atom stereocenters. The van der Waals surface area contributed by atoms with Crippen LogP contribution in [0.1, 0.15) is 43.6 Å². The smallest absolute Gasteiger partial charge is 0.352 e. The molecule has 0 aliphatic carbocycles. The van der Waals surface area contributed by atoms with Gasteiger partial charge in [0.05, 0.1) is 5.56 Å². The number of nitrogens with one attached hydrogen (secondary N) is 1. The first kappa shape index (κ1) is 17.5. The molecule has 1 rings (SSSR count). The molecular weight excluding hydrogens is 286 g/mol. The van der Waals surface area contributed by atoms with Crippen molar-refractivity contribution in [1.82, 2.24) is 5.32 Å². The third-order valence-corrected chi connectivity index (χ3v) is 3.58. The fourth-order valence-electron chi connectivity index (χ4n) is 1.54. The largest absolute Gasteiger partial charge is 0.419 e. The summed E-state index contributed by atoms with van der Waals surface area (Å²) in [6.07, 6.45) is -4.82. The number of amides is 1. The molecule has 0 spiro atoms. The Bertz CT molecular complexity index is 517. The minimum absolute atomic E-state index is 0.0345. The molecule has 0 heterocycles. The van der Waals surface area contributed by atoms with Crippen LogP contribution in [0.2, 0.25) is 0 Å². The van der Waals surface area contributed by atoms with Gasteiger partial charge in [-0.1, -0.05) is 27.7 Å².